The monoisotopic (exact) mass is 462 g/mol. The molecule has 2 aliphatic rings. The SMILES string of the molecule is Cc1ccc(CNc2ncnc(N3CCN(Cc4ccc5c(c4)OCO5)CC3)c2[N+](=O)[O-])cc1. The fourth-order valence-electron chi connectivity index (χ4n) is 4.21. The molecule has 34 heavy (non-hydrogen) atoms. The minimum atomic E-state index is -0.397. The molecule has 1 fully saturated rings. The van der Waals surface area contributed by atoms with Crippen LogP contribution in [-0.4, -0.2) is 52.8 Å². The molecule has 1 aromatic heterocycles. The molecule has 10 nitrogen and oxygen atoms in total. The number of rotatable bonds is 7. The predicted octanol–water partition coefficient (Wildman–Crippen LogP) is 3.36. The Morgan fingerprint density at radius 2 is 1.74 bits per heavy atom. The summed E-state index contributed by atoms with van der Waals surface area (Å²) in [7, 11) is 0. The molecule has 0 atom stereocenters. The van der Waals surface area contributed by atoms with Crippen molar-refractivity contribution in [1.29, 1.82) is 0 Å². The fourth-order valence-corrected chi connectivity index (χ4v) is 4.21. The van der Waals surface area contributed by atoms with Gasteiger partial charge in [0.25, 0.3) is 0 Å². The van der Waals surface area contributed by atoms with Crippen molar-refractivity contribution in [3.05, 3.63) is 75.6 Å². The summed E-state index contributed by atoms with van der Waals surface area (Å²) in [6.07, 6.45) is 1.39. The first kappa shape index (κ1) is 21.9. The molecule has 1 N–H and O–H groups in total. The van der Waals surface area contributed by atoms with E-state index in [1.54, 1.807) is 0 Å². The normalized spacial score (nSPS) is 15.4. The molecule has 0 amide bonds. The van der Waals surface area contributed by atoms with Crippen LogP contribution in [0.5, 0.6) is 11.5 Å². The molecule has 3 aromatic rings. The maximum Gasteiger partial charge on any atom is 0.353 e. The summed E-state index contributed by atoms with van der Waals surface area (Å²) in [6.45, 7) is 6.31. The molecular weight excluding hydrogens is 436 g/mol. The molecule has 176 valence electrons. The van der Waals surface area contributed by atoms with Gasteiger partial charge in [-0.3, -0.25) is 15.0 Å². The molecule has 1 saturated heterocycles. The lowest BCUT2D eigenvalue weighted by Crippen LogP contribution is -2.46. The first-order valence-electron chi connectivity index (χ1n) is 11.2. The van der Waals surface area contributed by atoms with Gasteiger partial charge in [-0.2, -0.15) is 0 Å². The van der Waals surface area contributed by atoms with Crippen molar-refractivity contribution in [3.8, 4) is 11.5 Å². The van der Waals surface area contributed by atoms with E-state index < -0.39 is 4.92 Å². The van der Waals surface area contributed by atoms with Crippen molar-refractivity contribution in [2.24, 2.45) is 0 Å². The lowest BCUT2D eigenvalue weighted by atomic mass is 10.1. The second kappa shape index (κ2) is 9.52. The van der Waals surface area contributed by atoms with Gasteiger partial charge < -0.3 is 19.7 Å². The van der Waals surface area contributed by atoms with Crippen molar-refractivity contribution in [3.63, 3.8) is 0 Å². The van der Waals surface area contributed by atoms with Gasteiger partial charge in [-0.05, 0) is 30.2 Å². The average Bonchev–Trinajstić information content (AvgIpc) is 3.32. The number of piperazine rings is 1. The average molecular weight is 463 g/mol. The molecule has 0 bridgehead atoms. The number of nitrogens with one attached hydrogen (secondary N) is 1. The standard InChI is InChI=1S/C24H26N6O4/c1-17-2-4-18(5-3-17)13-25-23-22(30(31)32)24(27-15-26-23)29-10-8-28(9-11-29)14-19-6-7-20-21(12-19)34-16-33-20/h2-7,12,15H,8-11,13-14,16H2,1H3,(H,25,26,27). The van der Waals surface area contributed by atoms with Crippen molar-refractivity contribution < 1.29 is 14.4 Å². The quantitative estimate of drug-likeness (QED) is 0.418. The Labute approximate surface area is 197 Å². The van der Waals surface area contributed by atoms with Crippen LogP contribution in [0.2, 0.25) is 0 Å². The van der Waals surface area contributed by atoms with Gasteiger partial charge in [-0.25, -0.2) is 9.97 Å². The summed E-state index contributed by atoms with van der Waals surface area (Å²) < 4.78 is 10.8. The van der Waals surface area contributed by atoms with Gasteiger partial charge in [0.05, 0.1) is 4.92 Å². The number of aryl methyl sites for hydroxylation is 1. The van der Waals surface area contributed by atoms with E-state index in [2.05, 4.69) is 20.2 Å². The summed E-state index contributed by atoms with van der Waals surface area (Å²) in [5.74, 6) is 2.14. The zero-order valence-corrected chi connectivity index (χ0v) is 18.9. The fraction of sp³-hybridized carbons (Fsp3) is 0.333. The van der Waals surface area contributed by atoms with Crippen LogP contribution in [0.4, 0.5) is 17.3 Å². The van der Waals surface area contributed by atoms with Gasteiger partial charge in [0.1, 0.15) is 6.33 Å². The van der Waals surface area contributed by atoms with E-state index in [0.717, 1.165) is 47.8 Å². The number of hydrogen-bond acceptors (Lipinski definition) is 9. The Hall–Kier alpha value is -3.92. The summed E-state index contributed by atoms with van der Waals surface area (Å²) in [4.78, 5) is 24.3. The topological polar surface area (TPSA) is 106 Å². The van der Waals surface area contributed by atoms with E-state index in [4.69, 9.17) is 9.47 Å². The highest BCUT2D eigenvalue weighted by Crippen LogP contribution is 2.34. The molecule has 2 aliphatic heterocycles. The Kier molecular flexibility index (Phi) is 6.13. The molecule has 0 radical (unpaired) electrons. The van der Waals surface area contributed by atoms with E-state index in [1.165, 1.54) is 6.33 Å². The van der Waals surface area contributed by atoms with Gasteiger partial charge in [0.2, 0.25) is 18.4 Å². The van der Waals surface area contributed by atoms with Gasteiger partial charge >= 0.3 is 5.69 Å². The maximum atomic E-state index is 12.0. The lowest BCUT2D eigenvalue weighted by molar-refractivity contribution is -0.383. The number of hydrogen-bond donors (Lipinski definition) is 1. The maximum absolute atomic E-state index is 12.0. The highest BCUT2D eigenvalue weighted by molar-refractivity contribution is 5.70. The number of anilines is 2. The second-order valence-corrected chi connectivity index (χ2v) is 8.44. The summed E-state index contributed by atoms with van der Waals surface area (Å²) in [6, 6.07) is 14.0. The molecule has 5 rings (SSSR count). The molecule has 0 saturated carbocycles. The van der Waals surface area contributed by atoms with Gasteiger partial charge in [-0.15, -0.1) is 0 Å². The molecule has 2 aromatic carbocycles. The van der Waals surface area contributed by atoms with Crippen LogP contribution >= 0.6 is 0 Å². The molecular formula is C24H26N6O4. The first-order valence-corrected chi connectivity index (χ1v) is 11.2. The van der Waals surface area contributed by atoms with Crippen LogP contribution in [-0.2, 0) is 13.1 Å². The minimum Gasteiger partial charge on any atom is -0.454 e. The van der Waals surface area contributed by atoms with E-state index in [-0.39, 0.29) is 18.3 Å². The number of benzene rings is 2. The largest absolute Gasteiger partial charge is 0.454 e. The second-order valence-electron chi connectivity index (χ2n) is 8.44. The van der Waals surface area contributed by atoms with Gasteiger partial charge in [0.15, 0.2) is 11.5 Å². The highest BCUT2D eigenvalue weighted by atomic mass is 16.7. The minimum absolute atomic E-state index is 0.0844. The van der Waals surface area contributed by atoms with E-state index >= 15 is 0 Å². The van der Waals surface area contributed by atoms with Crippen LogP contribution in [0.3, 0.4) is 0 Å². The Morgan fingerprint density at radius 3 is 2.50 bits per heavy atom. The number of nitro groups is 1. The summed E-state index contributed by atoms with van der Waals surface area (Å²) in [5, 5.41) is 15.1. The van der Waals surface area contributed by atoms with Crippen molar-refractivity contribution in [2.75, 3.05) is 43.2 Å². The summed E-state index contributed by atoms with van der Waals surface area (Å²) in [5.41, 5.74) is 3.25. The summed E-state index contributed by atoms with van der Waals surface area (Å²) >= 11 is 0. The van der Waals surface area contributed by atoms with Crippen LogP contribution in [0.1, 0.15) is 16.7 Å². The smallest absolute Gasteiger partial charge is 0.353 e. The first-order chi connectivity index (χ1) is 16.6. The van der Waals surface area contributed by atoms with E-state index in [0.29, 0.717) is 25.5 Å². The van der Waals surface area contributed by atoms with Crippen LogP contribution in [0.15, 0.2) is 48.8 Å². The third kappa shape index (κ3) is 4.72. The lowest BCUT2D eigenvalue weighted by Gasteiger charge is -2.35. The molecule has 0 unspecified atom stereocenters. The van der Waals surface area contributed by atoms with Crippen molar-refractivity contribution in [2.45, 2.75) is 20.0 Å². The van der Waals surface area contributed by atoms with E-state index in [9.17, 15) is 10.1 Å². The van der Waals surface area contributed by atoms with Gasteiger partial charge in [-0.1, -0.05) is 35.9 Å². The Balaban J connectivity index is 1.25. The number of fused-ring (bicyclic) bond motifs is 1. The van der Waals surface area contributed by atoms with Gasteiger partial charge in [0, 0.05) is 39.3 Å². The van der Waals surface area contributed by atoms with Crippen LogP contribution in [0.25, 0.3) is 0 Å². The third-order valence-electron chi connectivity index (χ3n) is 6.08. The Bertz CT molecular complexity index is 1180. The highest BCUT2D eigenvalue weighted by Gasteiger charge is 2.29. The molecule has 3 heterocycles. The van der Waals surface area contributed by atoms with Crippen molar-refractivity contribution in [1.82, 2.24) is 14.9 Å². The molecule has 10 heteroatoms. The number of nitrogens with zero attached hydrogens (tertiary/aromatic N) is 5. The Morgan fingerprint density at radius 1 is 1.00 bits per heavy atom. The van der Waals surface area contributed by atoms with E-state index in [1.807, 2.05) is 54.3 Å². The van der Waals surface area contributed by atoms with Crippen LogP contribution in [0, 0.1) is 17.0 Å². The number of aromatic nitrogens is 2. The molecule has 0 spiro atoms. The predicted molar refractivity (Wildman–Crippen MR) is 127 cm³/mol. The molecule has 0 aliphatic carbocycles. The zero-order chi connectivity index (χ0) is 23.5. The zero-order valence-electron chi connectivity index (χ0n) is 18.9. The third-order valence-corrected chi connectivity index (χ3v) is 6.08. The van der Waals surface area contributed by atoms with Crippen molar-refractivity contribution >= 4 is 17.3 Å². The number of ether oxygens (including phenoxy) is 2. The van der Waals surface area contributed by atoms with Crippen LogP contribution < -0.4 is 19.7 Å².